The summed E-state index contributed by atoms with van der Waals surface area (Å²) in [7, 11) is 0. The molecule has 3 rings (SSSR count). The van der Waals surface area contributed by atoms with Gasteiger partial charge in [-0.25, -0.2) is 9.97 Å². The Kier molecular flexibility index (Phi) is 4.27. The van der Waals surface area contributed by atoms with E-state index < -0.39 is 18.1 Å². The smallest absolute Gasteiger partial charge is 0.392 e. The first-order valence-corrected chi connectivity index (χ1v) is 8.02. The number of aliphatic hydroxyl groups is 1. The minimum absolute atomic E-state index is 0.117. The first-order valence-electron chi connectivity index (χ1n) is 7.14. The van der Waals surface area contributed by atoms with Crippen LogP contribution in [0.1, 0.15) is 31.5 Å². The summed E-state index contributed by atoms with van der Waals surface area (Å²) in [5.41, 5.74) is 0.276. The van der Waals surface area contributed by atoms with Crippen molar-refractivity contribution < 1.29 is 18.3 Å². The number of hydrogen-bond donors (Lipinski definition) is 1. The quantitative estimate of drug-likeness (QED) is 0.845. The van der Waals surface area contributed by atoms with Gasteiger partial charge in [0.1, 0.15) is 5.03 Å². The van der Waals surface area contributed by atoms with E-state index in [0.717, 1.165) is 19.3 Å². The number of hydrogen-bond acceptors (Lipinski definition) is 4. The fourth-order valence-electron chi connectivity index (χ4n) is 2.62. The molecule has 1 heterocycles. The molecule has 1 N–H and O–H groups in total. The van der Waals surface area contributed by atoms with Gasteiger partial charge in [0.25, 0.3) is 0 Å². The molecule has 1 fully saturated rings. The Bertz CT molecular complexity index is 677. The van der Waals surface area contributed by atoms with Crippen molar-refractivity contribution in [2.75, 3.05) is 0 Å². The van der Waals surface area contributed by atoms with E-state index >= 15 is 0 Å². The highest BCUT2D eigenvalue weighted by Gasteiger charge is 2.36. The van der Waals surface area contributed by atoms with E-state index in [0.29, 0.717) is 16.8 Å². The van der Waals surface area contributed by atoms with Crippen LogP contribution in [0.25, 0.3) is 10.9 Å². The van der Waals surface area contributed by atoms with Gasteiger partial charge in [-0.15, -0.1) is 0 Å². The maximum Gasteiger partial charge on any atom is 0.451 e. The molecule has 0 amide bonds. The van der Waals surface area contributed by atoms with Crippen LogP contribution in [-0.4, -0.2) is 26.4 Å². The van der Waals surface area contributed by atoms with Crippen LogP contribution in [0.15, 0.2) is 29.3 Å². The number of nitrogens with zero attached hydrogens (tertiary/aromatic N) is 2. The Morgan fingerprint density at radius 1 is 1.09 bits per heavy atom. The lowest BCUT2D eigenvalue weighted by atomic mass is 9.97. The Balaban J connectivity index is 2.02. The molecule has 0 spiro atoms. The van der Waals surface area contributed by atoms with Crippen molar-refractivity contribution in [1.82, 2.24) is 9.97 Å². The van der Waals surface area contributed by atoms with Crippen LogP contribution in [0.3, 0.4) is 0 Å². The number of fused-ring (bicyclic) bond motifs is 1. The van der Waals surface area contributed by atoms with E-state index in [-0.39, 0.29) is 10.8 Å². The van der Waals surface area contributed by atoms with Gasteiger partial charge < -0.3 is 5.11 Å². The monoisotopic (exact) mass is 328 g/mol. The molecule has 1 saturated carbocycles. The molecule has 7 heteroatoms. The zero-order valence-corrected chi connectivity index (χ0v) is 12.5. The molecule has 0 saturated heterocycles. The van der Waals surface area contributed by atoms with Crippen molar-refractivity contribution in [3.8, 4) is 0 Å². The second-order valence-electron chi connectivity index (χ2n) is 5.38. The van der Waals surface area contributed by atoms with E-state index in [1.54, 1.807) is 24.3 Å². The number of rotatable bonds is 2. The summed E-state index contributed by atoms with van der Waals surface area (Å²) >= 11 is 1.23. The highest BCUT2D eigenvalue weighted by Crippen LogP contribution is 2.37. The van der Waals surface area contributed by atoms with Gasteiger partial charge in [-0.3, -0.25) is 0 Å². The number of alkyl halides is 3. The molecule has 2 atom stereocenters. The molecule has 1 aromatic heterocycles. The fourth-order valence-corrected chi connectivity index (χ4v) is 3.93. The summed E-state index contributed by atoms with van der Waals surface area (Å²) in [6.45, 7) is 0. The first-order chi connectivity index (χ1) is 10.4. The van der Waals surface area contributed by atoms with Crippen molar-refractivity contribution >= 4 is 22.7 Å². The molecular formula is C15H15F3N2OS. The van der Waals surface area contributed by atoms with Crippen LogP contribution in [0.5, 0.6) is 0 Å². The minimum atomic E-state index is -4.58. The molecule has 1 aromatic carbocycles. The molecule has 22 heavy (non-hydrogen) atoms. The zero-order chi connectivity index (χ0) is 15.7. The average molecular weight is 328 g/mol. The lowest BCUT2D eigenvalue weighted by Crippen LogP contribution is -2.27. The molecule has 3 nitrogen and oxygen atoms in total. The third-order valence-electron chi connectivity index (χ3n) is 3.75. The average Bonchev–Trinajstić information content (AvgIpc) is 2.48. The maximum atomic E-state index is 13.0. The molecule has 118 valence electrons. The Hall–Kier alpha value is -1.34. The zero-order valence-electron chi connectivity index (χ0n) is 11.7. The Morgan fingerprint density at radius 3 is 2.55 bits per heavy atom. The topological polar surface area (TPSA) is 46.0 Å². The van der Waals surface area contributed by atoms with Crippen LogP contribution in [0.4, 0.5) is 13.2 Å². The van der Waals surface area contributed by atoms with Crippen molar-refractivity contribution in [3.63, 3.8) is 0 Å². The number of halogens is 3. The lowest BCUT2D eigenvalue weighted by molar-refractivity contribution is -0.145. The molecule has 2 aromatic rings. The third kappa shape index (κ3) is 3.20. The van der Waals surface area contributed by atoms with Gasteiger partial charge in [0.2, 0.25) is 5.82 Å². The Labute approximate surface area is 130 Å². The van der Waals surface area contributed by atoms with Crippen molar-refractivity contribution in [3.05, 3.63) is 30.1 Å². The van der Waals surface area contributed by atoms with Crippen LogP contribution in [0, 0.1) is 0 Å². The van der Waals surface area contributed by atoms with Gasteiger partial charge >= 0.3 is 6.18 Å². The largest absolute Gasteiger partial charge is 0.451 e. The van der Waals surface area contributed by atoms with Crippen LogP contribution in [-0.2, 0) is 6.18 Å². The number of aliphatic hydroxyl groups excluding tert-OH is 1. The van der Waals surface area contributed by atoms with Gasteiger partial charge in [0.05, 0.1) is 11.6 Å². The van der Waals surface area contributed by atoms with Crippen LogP contribution < -0.4 is 0 Å². The summed E-state index contributed by atoms with van der Waals surface area (Å²) in [5, 5.41) is 10.8. The van der Waals surface area contributed by atoms with Gasteiger partial charge in [-0.05, 0) is 18.9 Å². The number of thioether (sulfide) groups is 1. The number of aromatic nitrogens is 2. The molecular weight excluding hydrogens is 313 g/mol. The molecule has 0 bridgehead atoms. The predicted octanol–water partition coefficient (Wildman–Crippen LogP) is 4.04. The van der Waals surface area contributed by atoms with E-state index in [1.807, 2.05) is 0 Å². The summed E-state index contributed by atoms with van der Waals surface area (Å²) < 4.78 is 38.9. The highest BCUT2D eigenvalue weighted by atomic mass is 32.2. The summed E-state index contributed by atoms with van der Waals surface area (Å²) in [5.74, 6) is -1.13. The number of para-hydroxylation sites is 1. The van der Waals surface area contributed by atoms with Gasteiger partial charge in [-0.1, -0.05) is 42.8 Å². The van der Waals surface area contributed by atoms with Gasteiger partial charge in [-0.2, -0.15) is 13.2 Å². The van der Waals surface area contributed by atoms with Crippen molar-refractivity contribution in [2.24, 2.45) is 0 Å². The standard InChI is InChI=1S/C15H15F3N2OS/c16-15(17,18)14-19-10-6-2-1-5-9(10)13(20-14)22-12-8-4-3-7-11(12)21/h1-2,5-6,11-12,21H,3-4,7-8H2/t11-,12-/m1/s1. The van der Waals surface area contributed by atoms with Gasteiger partial charge in [0.15, 0.2) is 0 Å². The predicted molar refractivity (Wildman–Crippen MR) is 78.7 cm³/mol. The van der Waals surface area contributed by atoms with E-state index in [1.165, 1.54) is 11.8 Å². The normalized spacial score (nSPS) is 22.9. The first kappa shape index (κ1) is 15.6. The summed E-state index contributed by atoms with van der Waals surface area (Å²) in [6.07, 6.45) is -1.68. The van der Waals surface area contributed by atoms with Crippen LogP contribution >= 0.6 is 11.8 Å². The highest BCUT2D eigenvalue weighted by molar-refractivity contribution is 8.00. The summed E-state index contributed by atoms with van der Waals surface area (Å²) in [6, 6.07) is 6.67. The number of benzene rings is 1. The molecule has 1 aliphatic rings. The molecule has 1 aliphatic carbocycles. The van der Waals surface area contributed by atoms with E-state index in [2.05, 4.69) is 9.97 Å². The Morgan fingerprint density at radius 2 is 1.82 bits per heavy atom. The molecule has 0 unspecified atom stereocenters. The third-order valence-corrected chi connectivity index (χ3v) is 5.14. The van der Waals surface area contributed by atoms with Crippen molar-refractivity contribution in [1.29, 1.82) is 0 Å². The second-order valence-corrected chi connectivity index (χ2v) is 6.60. The van der Waals surface area contributed by atoms with Gasteiger partial charge in [0, 0.05) is 10.6 Å². The van der Waals surface area contributed by atoms with Crippen molar-refractivity contribution in [2.45, 2.75) is 48.2 Å². The fraction of sp³-hybridized carbons (Fsp3) is 0.467. The summed E-state index contributed by atoms with van der Waals surface area (Å²) in [4.78, 5) is 7.32. The second kappa shape index (κ2) is 6.04. The van der Waals surface area contributed by atoms with Crippen LogP contribution in [0.2, 0.25) is 0 Å². The minimum Gasteiger partial charge on any atom is -0.392 e. The molecule has 0 radical (unpaired) electrons. The van der Waals surface area contributed by atoms with E-state index in [4.69, 9.17) is 0 Å². The SMILES string of the molecule is O[C@@H]1CCCC[C@H]1Sc1nc(C(F)(F)F)nc2ccccc12. The molecule has 0 aliphatic heterocycles. The van der Waals surface area contributed by atoms with E-state index in [9.17, 15) is 18.3 Å². The lowest BCUT2D eigenvalue weighted by Gasteiger charge is -2.27. The maximum absolute atomic E-state index is 13.0.